The molecule has 1 fully saturated rings. The topological polar surface area (TPSA) is 69.2 Å². The smallest absolute Gasteiger partial charge is 0.232 e. The van der Waals surface area contributed by atoms with Crippen molar-refractivity contribution in [2.75, 3.05) is 31.2 Å². The van der Waals surface area contributed by atoms with Crippen molar-refractivity contribution in [3.8, 4) is 17.1 Å². The minimum absolute atomic E-state index is 0.634. The van der Waals surface area contributed by atoms with Crippen molar-refractivity contribution in [1.29, 1.82) is 0 Å². The zero-order valence-electron chi connectivity index (χ0n) is 18.2. The van der Waals surface area contributed by atoms with Crippen LogP contribution in [-0.2, 0) is 10.5 Å². The van der Waals surface area contributed by atoms with Crippen LogP contribution in [0, 0.1) is 13.8 Å². The molecule has 0 aliphatic carbocycles. The molecule has 5 rings (SSSR count). The number of benzene rings is 2. The maximum absolute atomic E-state index is 5.72. The van der Waals surface area contributed by atoms with Crippen molar-refractivity contribution >= 4 is 17.7 Å². The van der Waals surface area contributed by atoms with Crippen LogP contribution in [0.4, 0.5) is 5.95 Å². The number of ether oxygens (including phenoxy) is 1. The highest BCUT2D eigenvalue weighted by Gasteiger charge is 2.22. The van der Waals surface area contributed by atoms with Crippen LogP contribution in [0.3, 0.4) is 0 Å². The fraction of sp³-hybridized carbons (Fsp3) is 0.292. The lowest BCUT2D eigenvalue weighted by molar-refractivity contribution is 0.122. The van der Waals surface area contributed by atoms with E-state index in [-0.39, 0.29) is 0 Å². The normalized spacial score (nSPS) is 14.1. The molecular formula is C24H25N5O2S. The molecule has 7 nitrogen and oxygen atoms in total. The van der Waals surface area contributed by atoms with Crippen LogP contribution >= 0.6 is 11.8 Å². The molecule has 4 aromatic rings. The van der Waals surface area contributed by atoms with Gasteiger partial charge in [0.2, 0.25) is 11.8 Å². The first-order chi connectivity index (χ1) is 15.7. The number of anilines is 1. The highest BCUT2D eigenvalue weighted by Crippen LogP contribution is 2.30. The summed E-state index contributed by atoms with van der Waals surface area (Å²) in [4.78, 5) is 6.90. The van der Waals surface area contributed by atoms with Crippen LogP contribution in [0.5, 0.6) is 0 Å². The molecule has 0 N–H and O–H groups in total. The van der Waals surface area contributed by atoms with Gasteiger partial charge >= 0.3 is 0 Å². The highest BCUT2D eigenvalue weighted by atomic mass is 32.2. The molecule has 0 bridgehead atoms. The number of oxazole rings is 1. The Bertz CT molecular complexity index is 1200. The average molecular weight is 448 g/mol. The second-order valence-electron chi connectivity index (χ2n) is 7.86. The van der Waals surface area contributed by atoms with Gasteiger partial charge in [-0.1, -0.05) is 41.6 Å². The van der Waals surface area contributed by atoms with Gasteiger partial charge in [-0.2, -0.15) is 0 Å². The third kappa shape index (κ3) is 4.42. The number of aromatic nitrogens is 4. The molecule has 2 aromatic heterocycles. The zero-order chi connectivity index (χ0) is 21.9. The van der Waals surface area contributed by atoms with Gasteiger partial charge in [0.05, 0.1) is 24.6 Å². The van der Waals surface area contributed by atoms with Gasteiger partial charge in [-0.3, -0.25) is 4.57 Å². The Morgan fingerprint density at radius 1 is 0.969 bits per heavy atom. The summed E-state index contributed by atoms with van der Waals surface area (Å²) in [6.45, 7) is 7.16. The first kappa shape index (κ1) is 20.8. The number of hydrogen-bond acceptors (Lipinski definition) is 7. The Labute approximate surface area is 191 Å². The van der Waals surface area contributed by atoms with E-state index in [9.17, 15) is 0 Å². The summed E-state index contributed by atoms with van der Waals surface area (Å²) in [7, 11) is 0. The van der Waals surface area contributed by atoms with Crippen LogP contribution in [-0.4, -0.2) is 46.1 Å². The van der Waals surface area contributed by atoms with Gasteiger partial charge in [-0.25, -0.2) is 4.98 Å². The van der Waals surface area contributed by atoms with Crippen LogP contribution in [0.2, 0.25) is 0 Å². The largest absolute Gasteiger partial charge is 0.444 e. The van der Waals surface area contributed by atoms with Crippen molar-refractivity contribution in [2.45, 2.75) is 24.8 Å². The van der Waals surface area contributed by atoms with Crippen LogP contribution < -0.4 is 4.90 Å². The number of morpholine rings is 1. The molecule has 1 aliphatic rings. The van der Waals surface area contributed by atoms with E-state index in [0.29, 0.717) is 24.9 Å². The van der Waals surface area contributed by atoms with E-state index in [0.717, 1.165) is 41.1 Å². The SMILES string of the molecule is Cc1ccc(-c2nc(CSc3nnc(N4CCOCC4)n3-c3cccc(C)c3)co2)cc1. The molecule has 8 heteroatoms. The molecule has 32 heavy (non-hydrogen) atoms. The summed E-state index contributed by atoms with van der Waals surface area (Å²) in [5.41, 5.74) is 5.31. The number of nitrogens with zero attached hydrogens (tertiary/aromatic N) is 5. The van der Waals surface area contributed by atoms with Crippen molar-refractivity contribution in [3.63, 3.8) is 0 Å². The van der Waals surface area contributed by atoms with Crippen molar-refractivity contribution in [2.24, 2.45) is 0 Å². The predicted molar refractivity (Wildman–Crippen MR) is 125 cm³/mol. The lowest BCUT2D eigenvalue weighted by Gasteiger charge is -2.28. The minimum Gasteiger partial charge on any atom is -0.444 e. The summed E-state index contributed by atoms with van der Waals surface area (Å²) in [5, 5.41) is 9.89. The van der Waals surface area contributed by atoms with E-state index in [2.05, 4.69) is 74.9 Å². The summed E-state index contributed by atoms with van der Waals surface area (Å²) in [6, 6.07) is 16.6. The molecule has 2 aromatic carbocycles. The Morgan fingerprint density at radius 3 is 2.56 bits per heavy atom. The summed E-state index contributed by atoms with van der Waals surface area (Å²) in [5.74, 6) is 2.12. The van der Waals surface area contributed by atoms with E-state index in [4.69, 9.17) is 9.15 Å². The fourth-order valence-corrected chi connectivity index (χ4v) is 4.48. The molecule has 0 spiro atoms. The van der Waals surface area contributed by atoms with Crippen LogP contribution in [0.15, 0.2) is 64.4 Å². The van der Waals surface area contributed by atoms with Gasteiger partial charge in [0, 0.05) is 24.4 Å². The standard InChI is InChI=1S/C24H25N5O2S/c1-17-6-8-19(9-7-17)22-25-20(15-31-22)16-32-24-27-26-23(28-10-12-30-13-11-28)29(24)21-5-3-4-18(2)14-21/h3-9,14-15H,10-13,16H2,1-2H3. The Morgan fingerprint density at radius 2 is 1.78 bits per heavy atom. The van der Waals surface area contributed by atoms with Crippen LogP contribution in [0.25, 0.3) is 17.1 Å². The van der Waals surface area contributed by atoms with Crippen LogP contribution in [0.1, 0.15) is 16.8 Å². The number of thioether (sulfide) groups is 1. The maximum atomic E-state index is 5.72. The fourth-order valence-electron chi connectivity index (χ4n) is 3.66. The Balaban J connectivity index is 1.40. The van der Waals surface area contributed by atoms with Gasteiger partial charge in [0.15, 0.2) is 5.16 Å². The summed E-state index contributed by atoms with van der Waals surface area (Å²) >= 11 is 1.61. The Kier molecular flexibility index (Phi) is 5.96. The Hall–Kier alpha value is -3.10. The first-order valence-corrected chi connectivity index (χ1v) is 11.7. The van der Waals surface area contributed by atoms with E-state index in [1.807, 2.05) is 12.1 Å². The van der Waals surface area contributed by atoms with E-state index in [1.54, 1.807) is 18.0 Å². The molecule has 1 aliphatic heterocycles. The molecule has 0 atom stereocenters. The quantitative estimate of drug-likeness (QED) is 0.398. The monoisotopic (exact) mass is 447 g/mol. The second-order valence-corrected chi connectivity index (χ2v) is 8.80. The molecule has 0 saturated carbocycles. The zero-order valence-corrected chi connectivity index (χ0v) is 19.0. The van der Waals surface area contributed by atoms with Gasteiger partial charge in [-0.15, -0.1) is 10.2 Å². The molecule has 3 heterocycles. The molecule has 0 amide bonds. The minimum atomic E-state index is 0.634. The van der Waals surface area contributed by atoms with Gasteiger partial charge in [-0.05, 0) is 43.7 Å². The van der Waals surface area contributed by atoms with Gasteiger partial charge in [0.1, 0.15) is 6.26 Å². The van der Waals surface area contributed by atoms with E-state index in [1.165, 1.54) is 11.1 Å². The van der Waals surface area contributed by atoms with E-state index < -0.39 is 0 Å². The average Bonchev–Trinajstić information content (AvgIpc) is 3.46. The van der Waals surface area contributed by atoms with Crippen molar-refractivity contribution in [3.05, 3.63) is 71.6 Å². The molecule has 164 valence electrons. The highest BCUT2D eigenvalue weighted by molar-refractivity contribution is 7.98. The third-order valence-corrected chi connectivity index (χ3v) is 6.33. The predicted octanol–water partition coefficient (Wildman–Crippen LogP) is 4.67. The molecular weight excluding hydrogens is 422 g/mol. The number of aryl methyl sites for hydroxylation is 2. The third-order valence-electron chi connectivity index (χ3n) is 5.37. The number of rotatable bonds is 6. The van der Waals surface area contributed by atoms with E-state index >= 15 is 0 Å². The first-order valence-electron chi connectivity index (χ1n) is 10.7. The maximum Gasteiger partial charge on any atom is 0.232 e. The lowest BCUT2D eigenvalue weighted by atomic mass is 10.1. The molecule has 0 radical (unpaired) electrons. The molecule has 0 unspecified atom stereocenters. The summed E-state index contributed by atoms with van der Waals surface area (Å²) in [6.07, 6.45) is 1.72. The van der Waals surface area contributed by atoms with Gasteiger partial charge < -0.3 is 14.1 Å². The van der Waals surface area contributed by atoms with Crippen molar-refractivity contribution in [1.82, 2.24) is 19.7 Å². The molecule has 1 saturated heterocycles. The number of hydrogen-bond donors (Lipinski definition) is 0. The van der Waals surface area contributed by atoms with Gasteiger partial charge in [0.25, 0.3) is 0 Å². The summed E-state index contributed by atoms with van der Waals surface area (Å²) < 4.78 is 13.4. The second kappa shape index (κ2) is 9.18. The lowest BCUT2D eigenvalue weighted by Crippen LogP contribution is -2.37. The van der Waals surface area contributed by atoms with Crippen molar-refractivity contribution < 1.29 is 9.15 Å².